The molecular formula is C17H18N4O3. The summed E-state index contributed by atoms with van der Waals surface area (Å²) in [7, 11) is 0. The molecule has 7 heteroatoms. The van der Waals surface area contributed by atoms with E-state index in [9.17, 15) is 14.7 Å². The van der Waals surface area contributed by atoms with Crippen LogP contribution in [0.3, 0.4) is 0 Å². The van der Waals surface area contributed by atoms with Crippen molar-refractivity contribution in [1.29, 1.82) is 0 Å². The highest BCUT2D eigenvalue weighted by atomic mass is 16.3. The van der Waals surface area contributed by atoms with E-state index in [0.717, 1.165) is 35.0 Å². The van der Waals surface area contributed by atoms with Crippen LogP contribution in [-0.2, 0) is 6.42 Å². The van der Waals surface area contributed by atoms with E-state index in [-0.39, 0.29) is 11.6 Å². The summed E-state index contributed by atoms with van der Waals surface area (Å²) in [6.07, 6.45) is 1.73. The number of nitrogens with one attached hydrogen (secondary N) is 4. The van der Waals surface area contributed by atoms with Gasteiger partial charge in [0.25, 0.3) is 5.56 Å². The van der Waals surface area contributed by atoms with Gasteiger partial charge >= 0.3 is 5.69 Å². The molecule has 2 atom stereocenters. The van der Waals surface area contributed by atoms with E-state index in [1.807, 2.05) is 18.2 Å². The number of benzene rings is 1. The van der Waals surface area contributed by atoms with Gasteiger partial charge in [-0.15, -0.1) is 0 Å². The van der Waals surface area contributed by atoms with Crippen molar-refractivity contribution in [3.05, 3.63) is 61.9 Å². The Kier molecular flexibility index (Phi) is 3.31. The van der Waals surface area contributed by atoms with E-state index in [0.29, 0.717) is 0 Å². The van der Waals surface area contributed by atoms with E-state index in [1.165, 1.54) is 0 Å². The van der Waals surface area contributed by atoms with Gasteiger partial charge in [0.05, 0.1) is 6.04 Å². The van der Waals surface area contributed by atoms with Crippen LogP contribution in [0.15, 0.2) is 33.9 Å². The Hall–Kier alpha value is -2.80. The molecule has 0 radical (unpaired) electrons. The van der Waals surface area contributed by atoms with Crippen molar-refractivity contribution in [2.24, 2.45) is 0 Å². The maximum Gasteiger partial charge on any atom is 0.328 e. The smallest absolute Gasteiger partial charge is 0.328 e. The molecular weight excluding hydrogens is 308 g/mol. The van der Waals surface area contributed by atoms with Crippen LogP contribution in [0.1, 0.15) is 36.2 Å². The number of fused-ring (bicyclic) bond motifs is 3. The first kappa shape index (κ1) is 14.8. The van der Waals surface area contributed by atoms with Crippen molar-refractivity contribution >= 4 is 10.9 Å². The lowest BCUT2D eigenvalue weighted by atomic mass is 9.90. The third kappa shape index (κ3) is 2.16. The number of aromatic nitrogens is 3. The number of aromatic hydroxyl groups is 1. The van der Waals surface area contributed by atoms with Crippen molar-refractivity contribution in [2.45, 2.75) is 31.8 Å². The molecule has 0 spiro atoms. The first-order chi connectivity index (χ1) is 11.6. The second-order valence-electron chi connectivity index (χ2n) is 6.14. The van der Waals surface area contributed by atoms with Crippen LogP contribution >= 0.6 is 0 Å². The summed E-state index contributed by atoms with van der Waals surface area (Å²) in [4.78, 5) is 31.5. The number of aromatic amines is 3. The largest absolute Gasteiger partial charge is 0.494 e. The van der Waals surface area contributed by atoms with Gasteiger partial charge in [-0.1, -0.05) is 25.1 Å². The molecule has 0 amide bonds. The molecule has 0 aliphatic carbocycles. The molecule has 1 aromatic carbocycles. The Morgan fingerprint density at radius 1 is 1.17 bits per heavy atom. The zero-order valence-electron chi connectivity index (χ0n) is 13.1. The molecule has 0 saturated heterocycles. The second-order valence-corrected chi connectivity index (χ2v) is 6.14. The van der Waals surface area contributed by atoms with Gasteiger partial charge in [-0.05, 0) is 24.5 Å². The molecule has 24 heavy (non-hydrogen) atoms. The standard InChI is InChI=1S/C17H18N4O3/c1-2-8-7-10-9-5-3-4-6-11(9)19-13(10)14(18-8)12-15(22)20-17(24)21-16(12)23/h3-6,8,14,18-19H,2,7H2,1H3,(H3,20,21,22,23,24). The summed E-state index contributed by atoms with van der Waals surface area (Å²) in [5.74, 6) is -0.400. The highest BCUT2D eigenvalue weighted by Crippen LogP contribution is 2.36. The summed E-state index contributed by atoms with van der Waals surface area (Å²) in [5.41, 5.74) is 1.81. The number of para-hydroxylation sites is 1. The average molecular weight is 326 g/mol. The molecule has 0 saturated carbocycles. The van der Waals surface area contributed by atoms with Gasteiger partial charge < -0.3 is 15.4 Å². The van der Waals surface area contributed by atoms with Crippen molar-refractivity contribution in [1.82, 2.24) is 20.3 Å². The molecule has 2 aromatic heterocycles. The first-order valence-electron chi connectivity index (χ1n) is 7.99. The Morgan fingerprint density at radius 3 is 2.71 bits per heavy atom. The van der Waals surface area contributed by atoms with Crippen molar-refractivity contribution in [3.8, 4) is 5.88 Å². The highest BCUT2D eigenvalue weighted by molar-refractivity contribution is 5.85. The van der Waals surface area contributed by atoms with Crippen molar-refractivity contribution in [3.63, 3.8) is 0 Å². The summed E-state index contributed by atoms with van der Waals surface area (Å²) in [6, 6.07) is 7.64. The maximum atomic E-state index is 12.3. The number of H-pyrrole nitrogens is 3. The van der Waals surface area contributed by atoms with Crippen LogP contribution in [0.5, 0.6) is 5.88 Å². The van der Waals surface area contributed by atoms with Crippen LogP contribution in [0.25, 0.3) is 10.9 Å². The van der Waals surface area contributed by atoms with Gasteiger partial charge in [-0.3, -0.25) is 14.8 Å². The van der Waals surface area contributed by atoms with E-state index in [4.69, 9.17) is 0 Å². The zero-order chi connectivity index (χ0) is 16.8. The topological polar surface area (TPSA) is 114 Å². The summed E-state index contributed by atoms with van der Waals surface area (Å²) in [6.45, 7) is 2.07. The monoisotopic (exact) mass is 326 g/mol. The van der Waals surface area contributed by atoms with Crippen LogP contribution in [0.4, 0.5) is 0 Å². The Bertz CT molecular complexity index is 1030. The quantitative estimate of drug-likeness (QED) is 0.488. The average Bonchev–Trinajstić information content (AvgIpc) is 2.92. The van der Waals surface area contributed by atoms with Crippen molar-refractivity contribution < 1.29 is 5.11 Å². The molecule has 0 bridgehead atoms. The Balaban J connectivity index is 1.98. The third-order valence-electron chi connectivity index (χ3n) is 4.73. The molecule has 1 aliphatic heterocycles. The van der Waals surface area contributed by atoms with Gasteiger partial charge in [-0.25, -0.2) is 4.79 Å². The Labute approximate surface area is 136 Å². The lowest BCUT2D eigenvalue weighted by Gasteiger charge is -2.30. The fraction of sp³-hybridized carbons (Fsp3) is 0.294. The number of rotatable bonds is 2. The Morgan fingerprint density at radius 2 is 1.96 bits per heavy atom. The van der Waals surface area contributed by atoms with Gasteiger partial charge in [0.1, 0.15) is 5.56 Å². The number of hydrogen-bond acceptors (Lipinski definition) is 4. The molecule has 7 nitrogen and oxygen atoms in total. The van der Waals surface area contributed by atoms with Crippen molar-refractivity contribution in [2.75, 3.05) is 0 Å². The highest BCUT2D eigenvalue weighted by Gasteiger charge is 2.33. The molecule has 0 fully saturated rings. The zero-order valence-corrected chi connectivity index (χ0v) is 13.1. The van der Waals surface area contributed by atoms with Crippen LogP contribution in [0.2, 0.25) is 0 Å². The molecule has 5 N–H and O–H groups in total. The molecule has 2 unspecified atom stereocenters. The molecule has 3 heterocycles. The molecule has 4 rings (SSSR count). The lowest BCUT2D eigenvalue weighted by Crippen LogP contribution is -2.42. The molecule has 124 valence electrons. The SMILES string of the molecule is CCC1Cc2c([nH]c3ccccc23)C(c2c(O)[nH]c(=O)[nH]c2=O)N1. The fourth-order valence-corrected chi connectivity index (χ4v) is 3.55. The van der Waals surface area contributed by atoms with Gasteiger partial charge in [0.2, 0.25) is 5.88 Å². The number of hydrogen-bond donors (Lipinski definition) is 5. The minimum atomic E-state index is -0.721. The second kappa shape index (κ2) is 5.38. The molecule has 1 aliphatic rings. The summed E-state index contributed by atoms with van der Waals surface area (Å²) < 4.78 is 0. The lowest BCUT2D eigenvalue weighted by molar-refractivity contribution is 0.392. The summed E-state index contributed by atoms with van der Waals surface area (Å²) in [5, 5.41) is 14.7. The first-order valence-corrected chi connectivity index (χ1v) is 7.99. The molecule has 3 aromatic rings. The summed E-state index contributed by atoms with van der Waals surface area (Å²) >= 11 is 0. The fourth-order valence-electron chi connectivity index (χ4n) is 3.55. The van der Waals surface area contributed by atoms with E-state index in [2.05, 4.69) is 33.3 Å². The van der Waals surface area contributed by atoms with E-state index in [1.54, 1.807) is 0 Å². The normalized spacial score (nSPS) is 20.2. The predicted octanol–water partition coefficient (Wildman–Crippen LogP) is 1.26. The van der Waals surface area contributed by atoms with Crippen LogP contribution < -0.4 is 16.6 Å². The van der Waals surface area contributed by atoms with Gasteiger partial charge in [0.15, 0.2) is 0 Å². The minimum absolute atomic E-state index is 0.126. The minimum Gasteiger partial charge on any atom is -0.494 e. The van der Waals surface area contributed by atoms with Crippen LogP contribution in [-0.4, -0.2) is 26.1 Å². The van der Waals surface area contributed by atoms with E-state index < -0.39 is 23.2 Å². The third-order valence-corrected chi connectivity index (χ3v) is 4.73. The van der Waals surface area contributed by atoms with Crippen LogP contribution in [0, 0.1) is 0 Å². The van der Waals surface area contributed by atoms with Gasteiger partial charge in [-0.2, -0.15) is 0 Å². The predicted molar refractivity (Wildman–Crippen MR) is 90.4 cm³/mol. The van der Waals surface area contributed by atoms with E-state index >= 15 is 0 Å². The van der Waals surface area contributed by atoms with Gasteiger partial charge in [0, 0.05) is 22.6 Å². The maximum absolute atomic E-state index is 12.3.